The highest BCUT2D eigenvalue weighted by Gasteiger charge is 2.22. The number of pyridine rings is 1. The molecule has 160 valence electrons. The summed E-state index contributed by atoms with van der Waals surface area (Å²) in [6.07, 6.45) is 3.80. The lowest BCUT2D eigenvalue weighted by Crippen LogP contribution is -2.50. The van der Waals surface area contributed by atoms with Gasteiger partial charge in [0, 0.05) is 37.9 Å². The van der Waals surface area contributed by atoms with Gasteiger partial charge < -0.3 is 9.80 Å². The summed E-state index contributed by atoms with van der Waals surface area (Å²) in [6, 6.07) is 6.11. The van der Waals surface area contributed by atoms with E-state index in [4.69, 9.17) is 4.98 Å². The number of aromatic nitrogens is 5. The van der Waals surface area contributed by atoms with E-state index < -0.39 is 0 Å². The third kappa shape index (κ3) is 3.37. The zero-order valence-electron chi connectivity index (χ0n) is 18.6. The van der Waals surface area contributed by atoms with Gasteiger partial charge in [-0.1, -0.05) is 0 Å². The summed E-state index contributed by atoms with van der Waals surface area (Å²) in [6.45, 7) is 11.0. The Morgan fingerprint density at radius 1 is 1.00 bits per heavy atom. The van der Waals surface area contributed by atoms with Crippen LogP contribution in [0.4, 0.5) is 5.69 Å². The van der Waals surface area contributed by atoms with E-state index in [1.54, 1.807) is 15.0 Å². The maximum atomic E-state index is 13.1. The number of rotatable bonds is 2. The highest BCUT2D eigenvalue weighted by atomic mass is 16.1. The van der Waals surface area contributed by atoms with Crippen LogP contribution in [0.1, 0.15) is 23.9 Å². The molecule has 0 unspecified atom stereocenters. The molecule has 8 nitrogen and oxygen atoms in total. The van der Waals surface area contributed by atoms with Crippen LogP contribution in [-0.2, 0) is 0 Å². The van der Waals surface area contributed by atoms with Gasteiger partial charge >= 0.3 is 0 Å². The van der Waals surface area contributed by atoms with Gasteiger partial charge in [0.25, 0.3) is 5.56 Å². The van der Waals surface area contributed by atoms with Crippen molar-refractivity contribution in [3.8, 4) is 11.4 Å². The molecule has 1 aliphatic rings. The molecule has 8 heteroatoms. The molecule has 0 saturated carbocycles. The summed E-state index contributed by atoms with van der Waals surface area (Å²) in [5.74, 6) is 0. The van der Waals surface area contributed by atoms with Gasteiger partial charge in [0.15, 0.2) is 0 Å². The van der Waals surface area contributed by atoms with Crippen LogP contribution in [0.2, 0.25) is 0 Å². The average Bonchev–Trinajstić information content (AvgIpc) is 3.15. The summed E-state index contributed by atoms with van der Waals surface area (Å²) in [7, 11) is 2.15. The molecule has 5 rings (SSSR count). The first kappa shape index (κ1) is 19.7. The predicted octanol–water partition coefficient (Wildman–Crippen LogP) is 2.47. The third-order valence-corrected chi connectivity index (χ3v) is 6.28. The minimum Gasteiger partial charge on any atom is -0.367 e. The van der Waals surface area contributed by atoms with Gasteiger partial charge in [-0.25, -0.2) is 9.50 Å². The maximum absolute atomic E-state index is 13.1. The van der Waals surface area contributed by atoms with Crippen molar-refractivity contribution in [1.29, 1.82) is 0 Å². The Hall–Kier alpha value is -3.26. The van der Waals surface area contributed by atoms with Crippen LogP contribution in [0.25, 0.3) is 22.6 Å². The summed E-state index contributed by atoms with van der Waals surface area (Å²) in [4.78, 5) is 27.1. The van der Waals surface area contributed by atoms with E-state index in [1.165, 1.54) is 0 Å². The zero-order valence-corrected chi connectivity index (χ0v) is 18.6. The fraction of sp³-hybridized carbons (Fsp3) is 0.391. The summed E-state index contributed by atoms with van der Waals surface area (Å²) < 4.78 is 3.46. The van der Waals surface area contributed by atoms with E-state index in [1.807, 2.05) is 39.2 Å². The van der Waals surface area contributed by atoms with E-state index in [9.17, 15) is 4.79 Å². The minimum atomic E-state index is -0.102. The number of aryl methyl sites for hydroxylation is 3. The molecule has 0 aliphatic carbocycles. The molecule has 1 saturated heterocycles. The molecule has 4 aromatic heterocycles. The number of piperazine rings is 1. The van der Waals surface area contributed by atoms with Gasteiger partial charge in [-0.3, -0.25) is 14.2 Å². The first-order valence-corrected chi connectivity index (χ1v) is 10.6. The van der Waals surface area contributed by atoms with E-state index in [0.717, 1.165) is 47.8 Å². The topological polar surface area (TPSA) is 71.0 Å². The molecular weight excluding hydrogens is 390 g/mol. The number of hydrogen-bond donors (Lipinski definition) is 0. The van der Waals surface area contributed by atoms with Crippen molar-refractivity contribution in [2.45, 2.75) is 33.7 Å². The predicted molar refractivity (Wildman–Crippen MR) is 122 cm³/mol. The Labute approximate surface area is 180 Å². The van der Waals surface area contributed by atoms with Gasteiger partial charge in [0.2, 0.25) is 0 Å². The highest BCUT2D eigenvalue weighted by molar-refractivity contribution is 5.67. The molecule has 4 aromatic rings. The fourth-order valence-electron chi connectivity index (χ4n) is 4.35. The highest BCUT2D eigenvalue weighted by Crippen LogP contribution is 2.24. The number of hydrogen-bond acceptors (Lipinski definition) is 6. The molecule has 31 heavy (non-hydrogen) atoms. The largest absolute Gasteiger partial charge is 0.367 e. The molecular formula is C23H27N7O. The molecule has 0 bridgehead atoms. The summed E-state index contributed by atoms with van der Waals surface area (Å²) in [5, 5.41) is 4.64. The van der Waals surface area contributed by atoms with Crippen LogP contribution < -0.4 is 10.5 Å². The van der Waals surface area contributed by atoms with Gasteiger partial charge in [-0.2, -0.15) is 5.10 Å². The maximum Gasteiger partial charge on any atom is 0.258 e. The normalized spacial score (nSPS) is 17.7. The molecule has 1 aliphatic heterocycles. The van der Waals surface area contributed by atoms with Crippen LogP contribution in [0.5, 0.6) is 0 Å². The number of fused-ring (bicyclic) bond motifs is 2. The van der Waals surface area contributed by atoms with Crippen LogP contribution in [-0.4, -0.2) is 61.6 Å². The van der Waals surface area contributed by atoms with Gasteiger partial charge in [0.05, 0.1) is 34.5 Å². The smallest absolute Gasteiger partial charge is 0.258 e. The molecule has 1 fully saturated rings. The first-order chi connectivity index (χ1) is 14.8. The molecule has 0 radical (unpaired) electrons. The standard InChI is InChI=1S/C23H27N7O/c1-14-8-18(28-7-6-27(5)16(3)12-28)13-29-22(31)10-19(25-23(14)29)20-9-21-17(4)24-15(2)11-30(21)26-20/h8-11,13,16H,6-7,12H2,1-5H3/t16-/m1/s1. The molecule has 5 heterocycles. The van der Waals surface area contributed by atoms with Crippen molar-refractivity contribution in [2.75, 3.05) is 31.6 Å². The van der Waals surface area contributed by atoms with Crippen molar-refractivity contribution < 1.29 is 0 Å². The SMILES string of the molecule is Cc1cn2nc(-c3cc(=O)n4cc(N5CCN(C)[C@H](C)C5)cc(C)c4n3)cc2c(C)n1. The summed E-state index contributed by atoms with van der Waals surface area (Å²) in [5.41, 5.74) is 6.56. The monoisotopic (exact) mass is 417 g/mol. The average molecular weight is 418 g/mol. The first-order valence-electron chi connectivity index (χ1n) is 10.6. The zero-order chi connectivity index (χ0) is 21.9. The number of likely N-dealkylation sites (N-methyl/N-ethyl adjacent to an activating group) is 1. The van der Waals surface area contributed by atoms with Crippen molar-refractivity contribution in [1.82, 2.24) is 28.9 Å². The van der Waals surface area contributed by atoms with Gasteiger partial charge in [-0.15, -0.1) is 0 Å². The van der Waals surface area contributed by atoms with Crippen molar-refractivity contribution in [2.24, 2.45) is 0 Å². The Morgan fingerprint density at radius 2 is 1.81 bits per heavy atom. The lowest BCUT2D eigenvalue weighted by molar-refractivity contribution is 0.234. The van der Waals surface area contributed by atoms with Crippen molar-refractivity contribution >= 4 is 16.9 Å². The minimum absolute atomic E-state index is 0.102. The molecule has 0 spiro atoms. The Morgan fingerprint density at radius 3 is 2.58 bits per heavy atom. The fourth-order valence-corrected chi connectivity index (χ4v) is 4.35. The Bertz CT molecular complexity index is 1370. The van der Waals surface area contributed by atoms with Crippen molar-refractivity contribution in [3.63, 3.8) is 0 Å². The Balaban J connectivity index is 1.59. The number of anilines is 1. The second kappa shape index (κ2) is 7.16. The van der Waals surface area contributed by atoms with E-state index in [0.29, 0.717) is 23.1 Å². The summed E-state index contributed by atoms with van der Waals surface area (Å²) >= 11 is 0. The van der Waals surface area contributed by atoms with Crippen LogP contribution in [0.3, 0.4) is 0 Å². The van der Waals surface area contributed by atoms with Gasteiger partial charge in [0.1, 0.15) is 11.3 Å². The van der Waals surface area contributed by atoms with E-state index in [2.05, 4.69) is 39.9 Å². The molecule has 0 amide bonds. The lowest BCUT2D eigenvalue weighted by atomic mass is 10.1. The van der Waals surface area contributed by atoms with Crippen molar-refractivity contribution in [3.05, 3.63) is 57.9 Å². The number of nitrogens with zero attached hydrogens (tertiary/aromatic N) is 7. The van der Waals surface area contributed by atoms with E-state index in [-0.39, 0.29) is 5.56 Å². The third-order valence-electron chi connectivity index (χ3n) is 6.28. The molecule has 0 N–H and O–H groups in total. The molecule has 0 aromatic carbocycles. The quantitative estimate of drug-likeness (QED) is 0.499. The second-order valence-corrected chi connectivity index (χ2v) is 8.66. The molecule has 1 atom stereocenters. The second-order valence-electron chi connectivity index (χ2n) is 8.66. The van der Waals surface area contributed by atoms with Crippen LogP contribution in [0.15, 0.2) is 35.4 Å². The van der Waals surface area contributed by atoms with E-state index >= 15 is 0 Å². The van der Waals surface area contributed by atoms with Gasteiger partial charge in [-0.05, 0) is 52.4 Å². The Kier molecular flexibility index (Phi) is 4.55. The lowest BCUT2D eigenvalue weighted by Gasteiger charge is -2.39. The van der Waals surface area contributed by atoms with Crippen LogP contribution >= 0.6 is 0 Å². The van der Waals surface area contributed by atoms with Crippen LogP contribution in [0, 0.1) is 20.8 Å².